The third-order valence-corrected chi connectivity index (χ3v) is 3.20. The predicted octanol–water partition coefficient (Wildman–Crippen LogP) is 0.560. The van der Waals surface area contributed by atoms with Gasteiger partial charge in [-0.1, -0.05) is 0 Å². The molecule has 3 N–H and O–H groups in total. The van der Waals surface area contributed by atoms with Crippen LogP contribution < -0.4 is 11.1 Å². The minimum Gasteiger partial charge on any atom is -0.468 e. The van der Waals surface area contributed by atoms with E-state index in [0.29, 0.717) is 0 Å². The molecule has 1 aromatic carbocycles. The number of nitro groups is 1. The molecule has 2 rings (SSSR count). The van der Waals surface area contributed by atoms with Crippen molar-refractivity contribution < 1.29 is 19.2 Å². The Morgan fingerprint density at radius 1 is 1.53 bits per heavy atom. The molecule has 100 valence electrons. The molecular weight excluding hydrogens is 254 g/mol. The van der Waals surface area contributed by atoms with Crippen molar-refractivity contribution in [1.82, 2.24) is 0 Å². The molecule has 19 heavy (non-hydrogen) atoms. The molecule has 1 atom stereocenters. The smallest absolute Gasteiger partial charge is 0.325 e. The van der Waals surface area contributed by atoms with E-state index in [1.54, 1.807) is 0 Å². The molecule has 0 saturated carbocycles. The van der Waals surface area contributed by atoms with E-state index in [0.717, 1.165) is 13.2 Å². The highest BCUT2D eigenvalue weighted by Gasteiger charge is 2.51. The molecule has 0 spiro atoms. The van der Waals surface area contributed by atoms with Gasteiger partial charge in [-0.05, 0) is 13.0 Å². The number of carbonyl (C=O) groups is 2. The summed E-state index contributed by atoms with van der Waals surface area (Å²) in [6.07, 6.45) is 0. The SMILES string of the molecule is COC(=O)C1(C)C(=O)Nc2cc(N)c([N+](=O)[O-])cc21. The zero-order valence-corrected chi connectivity index (χ0v) is 10.2. The highest BCUT2D eigenvalue weighted by atomic mass is 16.6. The number of nitro benzene ring substituents is 1. The maximum Gasteiger partial charge on any atom is 0.325 e. The number of nitrogens with two attached hydrogens (primary N) is 1. The number of nitrogens with one attached hydrogen (secondary N) is 1. The van der Waals surface area contributed by atoms with Crippen LogP contribution in [0.3, 0.4) is 0 Å². The van der Waals surface area contributed by atoms with Gasteiger partial charge < -0.3 is 15.8 Å². The fraction of sp³-hybridized carbons (Fsp3) is 0.273. The number of carbonyl (C=O) groups excluding carboxylic acids is 2. The summed E-state index contributed by atoms with van der Waals surface area (Å²) in [7, 11) is 1.14. The summed E-state index contributed by atoms with van der Waals surface area (Å²) in [5, 5.41) is 13.3. The molecule has 0 radical (unpaired) electrons. The van der Waals surface area contributed by atoms with Crippen LogP contribution in [0.5, 0.6) is 0 Å². The Hall–Kier alpha value is -2.64. The van der Waals surface area contributed by atoms with Crippen molar-refractivity contribution in [2.75, 3.05) is 18.2 Å². The van der Waals surface area contributed by atoms with Gasteiger partial charge in [-0.15, -0.1) is 0 Å². The highest BCUT2D eigenvalue weighted by Crippen LogP contribution is 2.42. The van der Waals surface area contributed by atoms with Gasteiger partial charge in [0.25, 0.3) is 5.69 Å². The summed E-state index contributed by atoms with van der Waals surface area (Å²) in [5.74, 6) is -1.39. The molecule has 0 saturated heterocycles. The number of nitrogen functional groups attached to an aromatic ring is 1. The van der Waals surface area contributed by atoms with Crippen molar-refractivity contribution in [1.29, 1.82) is 0 Å². The first kappa shape index (κ1) is 12.8. The number of hydrogen-bond acceptors (Lipinski definition) is 6. The normalized spacial score (nSPS) is 20.6. The molecule has 1 aliphatic rings. The Bertz CT molecular complexity index is 613. The van der Waals surface area contributed by atoms with Gasteiger partial charge in [0.15, 0.2) is 5.41 Å². The minimum atomic E-state index is -1.61. The number of rotatable bonds is 2. The van der Waals surface area contributed by atoms with E-state index in [-0.39, 0.29) is 22.6 Å². The lowest BCUT2D eigenvalue weighted by Gasteiger charge is -2.18. The highest BCUT2D eigenvalue weighted by molar-refractivity contribution is 6.19. The maximum absolute atomic E-state index is 11.9. The van der Waals surface area contributed by atoms with Crippen LogP contribution in [0, 0.1) is 10.1 Å². The van der Waals surface area contributed by atoms with E-state index >= 15 is 0 Å². The zero-order chi connectivity index (χ0) is 14.4. The second-order valence-electron chi connectivity index (χ2n) is 4.28. The molecule has 1 aromatic rings. The van der Waals surface area contributed by atoms with Crippen LogP contribution in [0.2, 0.25) is 0 Å². The third-order valence-electron chi connectivity index (χ3n) is 3.20. The average Bonchev–Trinajstić information content (AvgIpc) is 2.59. The van der Waals surface area contributed by atoms with Gasteiger partial charge in [-0.2, -0.15) is 0 Å². The van der Waals surface area contributed by atoms with Gasteiger partial charge in [-0.25, -0.2) is 0 Å². The predicted molar refractivity (Wildman–Crippen MR) is 65.5 cm³/mol. The Morgan fingerprint density at radius 3 is 2.68 bits per heavy atom. The van der Waals surface area contributed by atoms with Crippen LogP contribution in [0.25, 0.3) is 0 Å². The van der Waals surface area contributed by atoms with Crippen LogP contribution >= 0.6 is 0 Å². The number of ether oxygens (including phenoxy) is 1. The molecule has 1 heterocycles. The maximum atomic E-state index is 11.9. The molecule has 1 unspecified atom stereocenters. The number of nitrogens with zero attached hydrogens (tertiary/aromatic N) is 1. The summed E-state index contributed by atoms with van der Waals surface area (Å²) >= 11 is 0. The number of hydrogen-bond donors (Lipinski definition) is 2. The molecule has 0 fully saturated rings. The summed E-state index contributed by atoms with van der Waals surface area (Å²) < 4.78 is 4.59. The molecule has 8 heteroatoms. The molecule has 1 aliphatic heterocycles. The lowest BCUT2D eigenvalue weighted by Crippen LogP contribution is -2.40. The average molecular weight is 265 g/mol. The topological polar surface area (TPSA) is 125 Å². The lowest BCUT2D eigenvalue weighted by molar-refractivity contribution is -0.384. The van der Waals surface area contributed by atoms with Crippen LogP contribution in [0.15, 0.2) is 12.1 Å². The van der Waals surface area contributed by atoms with Crippen molar-refractivity contribution in [3.05, 3.63) is 27.8 Å². The van der Waals surface area contributed by atoms with E-state index in [4.69, 9.17) is 5.73 Å². The first-order valence-corrected chi connectivity index (χ1v) is 5.30. The lowest BCUT2D eigenvalue weighted by atomic mass is 9.83. The molecule has 8 nitrogen and oxygen atoms in total. The number of anilines is 2. The van der Waals surface area contributed by atoms with Gasteiger partial charge in [0.2, 0.25) is 5.91 Å². The number of fused-ring (bicyclic) bond motifs is 1. The van der Waals surface area contributed by atoms with E-state index in [9.17, 15) is 19.7 Å². The zero-order valence-electron chi connectivity index (χ0n) is 10.2. The van der Waals surface area contributed by atoms with E-state index in [1.165, 1.54) is 13.0 Å². The standard InChI is InChI=1S/C11H11N3O5/c1-11(10(16)19-2)5-3-8(14(17)18)6(12)4-7(5)13-9(11)15/h3-4H,12H2,1-2H3,(H,13,15). The summed E-state index contributed by atoms with van der Waals surface area (Å²) in [4.78, 5) is 33.9. The van der Waals surface area contributed by atoms with Crippen molar-refractivity contribution in [2.24, 2.45) is 0 Å². The van der Waals surface area contributed by atoms with Crippen LogP contribution in [-0.2, 0) is 19.7 Å². The van der Waals surface area contributed by atoms with Crippen LogP contribution in [0.4, 0.5) is 17.1 Å². The van der Waals surface area contributed by atoms with Crippen molar-refractivity contribution in [3.8, 4) is 0 Å². The second kappa shape index (κ2) is 3.94. The van der Waals surface area contributed by atoms with Crippen LogP contribution in [-0.4, -0.2) is 23.9 Å². The fourth-order valence-electron chi connectivity index (χ4n) is 2.06. The quantitative estimate of drug-likeness (QED) is 0.264. The van der Waals surface area contributed by atoms with E-state index < -0.39 is 22.2 Å². The fourth-order valence-corrected chi connectivity index (χ4v) is 2.06. The molecule has 0 bridgehead atoms. The second-order valence-corrected chi connectivity index (χ2v) is 4.28. The van der Waals surface area contributed by atoms with Gasteiger partial charge in [0.1, 0.15) is 5.69 Å². The molecular formula is C11H11N3O5. The number of benzene rings is 1. The van der Waals surface area contributed by atoms with Gasteiger partial charge in [-0.3, -0.25) is 19.7 Å². The van der Waals surface area contributed by atoms with Crippen LogP contribution in [0.1, 0.15) is 12.5 Å². The van der Waals surface area contributed by atoms with Crippen molar-refractivity contribution in [3.63, 3.8) is 0 Å². The molecule has 0 aromatic heterocycles. The Balaban J connectivity index is 2.69. The van der Waals surface area contributed by atoms with E-state index in [1.807, 2.05) is 0 Å². The molecule has 0 aliphatic carbocycles. The van der Waals surface area contributed by atoms with Crippen molar-refractivity contribution in [2.45, 2.75) is 12.3 Å². The molecule has 1 amide bonds. The van der Waals surface area contributed by atoms with Crippen molar-refractivity contribution >= 4 is 28.9 Å². The number of methoxy groups -OCH3 is 1. The summed E-state index contributed by atoms with van der Waals surface area (Å²) in [6.45, 7) is 1.35. The first-order chi connectivity index (χ1) is 8.82. The van der Waals surface area contributed by atoms with E-state index in [2.05, 4.69) is 10.1 Å². The summed E-state index contributed by atoms with van der Waals surface area (Å²) in [5.41, 5.74) is 3.94. The van der Waals surface area contributed by atoms with Gasteiger partial charge in [0.05, 0.1) is 12.0 Å². The Morgan fingerprint density at radius 2 is 2.16 bits per heavy atom. The monoisotopic (exact) mass is 265 g/mol. The summed E-state index contributed by atoms with van der Waals surface area (Å²) in [6, 6.07) is 2.39. The largest absolute Gasteiger partial charge is 0.468 e. The Labute approximate surface area is 107 Å². The third kappa shape index (κ3) is 1.60. The van der Waals surface area contributed by atoms with Gasteiger partial charge >= 0.3 is 5.97 Å². The number of amides is 1. The number of esters is 1. The Kier molecular flexibility index (Phi) is 2.65. The first-order valence-electron chi connectivity index (χ1n) is 5.30. The minimum absolute atomic E-state index is 0.0850. The van der Waals surface area contributed by atoms with Gasteiger partial charge in [0, 0.05) is 17.3 Å².